The predicted octanol–water partition coefficient (Wildman–Crippen LogP) is 3.60. The van der Waals surface area contributed by atoms with E-state index in [1.165, 1.54) is 32.1 Å². The molecule has 0 saturated heterocycles. The van der Waals surface area contributed by atoms with Gasteiger partial charge in [-0.15, -0.1) is 0 Å². The molecule has 106 valence electrons. The largest absolute Gasteiger partial charge is 0.295 e. The number of benzene rings is 1. The van der Waals surface area contributed by atoms with E-state index in [9.17, 15) is 4.79 Å². The molecule has 2 aromatic rings. The fourth-order valence-electron chi connectivity index (χ4n) is 3.05. The van der Waals surface area contributed by atoms with Crippen LogP contribution in [0.1, 0.15) is 49.8 Å². The Bertz CT molecular complexity index is 610. The Morgan fingerprint density at radius 1 is 0.850 bits per heavy atom. The van der Waals surface area contributed by atoms with Gasteiger partial charge in [0.25, 0.3) is 5.56 Å². The number of aromatic nitrogens is 2. The van der Waals surface area contributed by atoms with Crippen LogP contribution in [-0.2, 0) is 12.8 Å². The summed E-state index contributed by atoms with van der Waals surface area (Å²) in [6.07, 6.45) is 9.41. The van der Waals surface area contributed by atoms with Crippen molar-refractivity contribution in [1.29, 1.82) is 0 Å². The Hall–Kier alpha value is -1.77. The van der Waals surface area contributed by atoms with E-state index < -0.39 is 0 Å². The number of nitrogens with zero attached hydrogens (tertiary/aromatic N) is 1. The first kappa shape index (κ1) is 13.2. The zero-order chi connectivity index (χ0) is 13.8. The molecule has 0 aliphatic heterocycles. The van der Waals surface area contributed by atoms with Gasteiger partial charge in [0.1, 0.15) is 0 Å². The molecule has 1 N–H and O–H groups in total. The van der Waals surface area contributed by atoms with Crippen LogP contribution >= 0.6 is 0 Å². The van der Waals surface area contributed by atoms with E-state index in [0.717, 1.165) is 36.2 Å². The van der Waals surface area contributed by atoms with E-state index in [-0.39, 0.29) is 5.56 Å². The molecule has 1 aromatic carbocycles. The maximum atomic E-state index is 12.6. The minimum atomic E-state index is 0.145. The Kier molecular flexibility index (Phi) is 4.05. The molecule has 0 unspecified atom stereocenters. The van der Waals surface area contributed by atoms with E-state index in [1.807, 2.05) is 30.3 Å². The van der Waals surface area contributed by atoms with Crippen molar-refractivity contribution in [1.82, 2.24) is 9.78 Å². The molecule has 1 aromatic heterocycles. The molecular formula is C17H22N2O. The van der Waals surface area contributed by atoms with Crippen LogP contribution in [0.4, 0.5) is 0 Å². The number of hydrogen-bond donors (Lipinski definition) is 1. The molecule has 0 radical (unpaired) electrons. The van der Waals surface area contributed by atoms with Crippen LogP contribution < -0.4 is 5.56 Å². The van der Waals surface area contributed by atoms with Gasteiger partial charge in [0, 0.05) is 11.3 Å². The molecule has 3 nitrogen and oxygen atoms in total. The van der Waals surface area contributed by atoms with Crippen molar-refractivity contribution in [2.24, 2.45) is 0 Å². The molecule has 1 heterocycles. The number of rotatable bonds is 1. The van der Waals surface area contributed by atoms with Gasteiger partial charge in [-0.1, -0.05) is 43.9 Å². The lowest BCUT2D eigenvalue weighted by atomic mass is 9.99. The van der Waals surface area contributed by atoms with Crippen LogP contribution in [0.5, 0.6) is 0 Å². The number of aromatic amines is 1. The molecular weight excluding hydrogens is 248 g/mol. The van der Waals surface area contributed by atoms with E-state index in [0.29, 0.717) is 0 Å². The number of H-pyrrole nitrogens is 1. The number of hydrogen-bond acceptors (Lipinski definition) is 1. The summed E-state index contributed by atoms with van der Waals surface area (Å²) in [6, 6.07) is 9.86. The molecule has 0 bridgehead atoms. The first-order valence-electron chi connectivity index (χ1n) is 7.74. The third-order valence-corrected chi connectivity index (χ3v) is 4.19. The second-order valence-corrected chi connectivity index (χ2v) is 5.67. The van der Waals surface area contributed by atoms with Crippen molar-refractivity contribution in [2.75, 3.05) is 0 Å². The van der Waals surface area contributed by atoms with Gasteiger partial charge in [0.2, 0.25) is 0 Å². The quantitative estimate of drug-likeness (QED) is 0.844. The van der Waals surface area contributed by atoms with Gasteiger partial charge in [0.15, 0.2) is 0 Å². The van der Waals surface area contributed by atoms with Gasteiger partial charge in [-0.05, 0) is 37.8 Å². The molecule has 1 aliphatic carbocycles. The summed E-state index contributed by atoms with van der Waals surface area (Å²) < 4.78 is 1.71. The summed E-state index contributed by atoms with van der Waals surface area (Å²) in [5, 5.41) is 3.34. The van der Waals surface area contributed by atoms with Crippen molar-refractivity contribution in [3.8, 4) is 5.69 Å². The van der Waals surface area contributed by atoms with Crippen molar-refractivity contribution >= 4 is 0 Å². The molecule has 3 heteroatoms. The van der Waals surface area contributed by atoms with Crippen LogP contribution in [0.15, 0.2) is 35.1 Å². The average molecular weight is 270 g/mol. The van der Waals surface area contributed by atoms with Crippen LogP contribution in [0, 0.1) is 0 Å². The van der Waals surface area contributed by atoms with Crippen molar-refractivity contribution in [3.63, 3.8) is 0 Å². The first-order valence-corrected chi connectivity index (χ1v) is 7.74. The standard InChI is InChI=1S/C17H22N2O/c20-17-15-12-8-3-1-2-4-9-13-16(15)18-19(17)14-10-6-5-7-11-14/h5-7,10-11,18H,1-4,8-9,12-13H2. The highest BCUT2D eigenvalue weighted by molar-refractivity contribution is 5.33. The van der Waals surface area contributed by atoms with E-state index in [2.05, 4.69) is 5.10 Å². The summed E-state index contributed by atoms with van der Waals surface area (Å²) >= 11 is 0. The van der Waals surface area contributed by atoms with Gasteiger partial charge < -0.3 is 0 Å². The van der Waals surface area contributed by atoms with Crippen LogP contribution in [-0.4, -0.2) is 9.78 Å². The SMILES string of the molecule is O=c1c2c([nH]n1-c1ccccc1)CCCCCCCC2. The lowest BCUT2D eigenvalue weighted by Crippen LogP contribution is -2.17. The lowest BCUT2D eigenvalue weighted by Gasteiger charge is -2.06. The molecule has 0 saturated carbocycles. The average Bonchev–Trinajstić information content (AvgIpc) is 2.81. The molecule has 0 atom stereocenters. The van der Waals surface area contributed by atoms with E-state index >= 15 is 0 Å². The highest BCUT2D eigenvalue weighted by atomic mass is 16.1. The molecule has 0 amide bonds. The molecule has 3 rings (SSSR count). The fraction of sp³-hybridized carbons (Fsp3) is 0.471. The summed E-state index contributed by atoms with van der Waals surface area (Å²) in [4.78, 5) is 12.6. The fourth-order valence-corrected chi connectivity index (χ4v) is 3.05. The molecule has 20 heavy (non-hydrogen) atoms. The van der Waals surface area contributed by atoms with Gasteiger partial charge in [0.05, 0.1) is 5.69 Å². The van der Waals surface area contributed by atoms with Crippen molar-refractivity contribution < 1.29 is 0 Å². The highest BCUT2D eigenvalue weighted by Gasteiger charge is 2.15. The van der Waals surface area contributed by atoms with E-state index in [4.69, 9.17) is 0 Å². The molecule has 0 fully saturated rings. The molecule has 1 aliphatic rings. The Morgan fingerprint density at radius 2 is 1.50 bits per heavy atom. The Labute approximate surface area is 119 Å². The molecule has 0 spiro atoms. The van der Waals surface area contributed by atoms with Gasteiger partial charge in [-0.25, -0.2) is 4.68 Å². The van der Waals surface area contributed by atoms with Crippen LogP contribution in [0.3, 0.4) is 0 Å². The second-order valence-electron chi connectivity index (χ2n) is 5.67. The zero-order valence-corrected chi connectivity index (χ0v) is 11.9. The summed E-state index contributed by atoms with van der Waals surface area (Å²) in [5.41, 5.74) is 3.24. The normalized spacial score (nSPS) is 16.6. The van der Waals surface area contributed by atoms with Gasteiger partial charge in [-0.2, -0.15) is 0 Å². The van der Waals surface area contributed by atoms with Gasteiger partial charge >= 0.3 is 0 Å². The zero-order valence-electron chi connectivity index (χ0n) is 11.9. The Balaban J connectivity index is 1.98. The maximum absolute atomic E-state index is 12.6. The smallest absolute Gasteiger partial charge is 0.274 e. The third kappa shape index (κ3) is 2.72. The Morgan fingerprint density at radius 3 is 2.25 bits per heavy atom. The highest BCUT2D eigenvalue weighted by Crippen LogP contribution is 2.17. The minimum Gasteiger partial charge on any atom is -0.295 e. The number of nitrogens with one attached hydrogen (secondary N) is 1. The minimum absolute atomic E-state index is 0.145. The van der Waals surface area contributed by atoms with E-state index in [1.54, 1.807) is 4.68 Å². The van der Waals surface area contributed by atoms with Crippen molar-refractivity contribution in [2.45, 2.75) is 51.4 Å². The third-order valence-electron chi connectivity index (χ3n) is 4.19. The number of para-hydroxylation sites is 1. The predicted molar refractivity (Wildman–Crippen MR) is 81.5 cm³/mol. The lowest BCUT2D eigenvalue weighted by molar-refractivity contribution is 0.577. The van der Waals surface area contributed by atoms with Crippen LogP contribution in [0.25, 0.3) is 5.69 Å². The summed E-state index contributed by atoms with van der Waals surface area (Å²) in [7, 11) is 0. The second kappa shape index (κ2) is 6.12. The summed E-state index contributed by atoms with van der Waals surface area (Å²) in [6.45, 7) is 0. The van der Waals surface area contributed by atoms with Crippen LogP contribution in [0.2, 0.25) is 0 Å². The van der Waals surface area contributed by atoms with Gasteiger partial charge in [-0.3, -0.25) is 9.89 Å². The first-order chi connectivity index (χ1) is 9.86. The van der Waals surface area contributed by atoms with Crippen molar-refractivity contribution in [3.05, 3.63) is 51.9 Å². The topological polar surface area (TPSA) is 37.8 Å². The number of fused-ring (bicyclic) bond motifs is 1. The number of aryl methyl sites for hydroxylation is 1. The monoisotopic (exact) mass is 270 g/mol. The maximum Gasteiger partial charge on any atom is 0.274 e. The summed E-state index contributed by atoms with van der Waals surface area (Å²) in [5.74, 6) is 0.